The van der Waals surface area contributed by atoms with Crippen molar-refractivity contribution < 1.29 is 4.79 Å². The van der Waals surface area contributed by atoms with E-state index in [9.17, 15) is 4.79 Å². The summed E-state index contributed by atoms with van der Waals surface area (Å²) in [7, 11) is 0. The highest BCUT2D eigenvalue weighted by molar-refractivity contribution is 5.88. The molecule has 0 aliphatic heterocycles. The summed E-state index contributed by atoms with van der Waals surface area (Å²) in [6, 6.07) is 7.79. The molecule has 0 spiro atoms. The van der Waals surface area contributed by atoms with Crippen LogP contribution in [0, 0.1) is 0 Å². The molecule has 0 saturated heterocycles. The predicted molar refractivity (Wildman–Crippen MR) is 73.4 cm³/mol. The maximum atomic E-state index is 10.9. The molecule has 3 nitrogen and oxygen atoms in total. The van der Waals surface area contributed by atoms with Gasteiger partial charge in [-0.05, 0) is 44.5 Å². The fourth-order valence-electron chi connectivity index (χ4n) is 1.92. The normalized spacial score (nSPS) is 11.1. The molecule has 0 aromatic heterocycles. The number of carbonyl (C=O) groups is 1. The van der Waals surface area contributed by atoms with Crippen molar-refractivity contribution in [2.75, 3.05) is 10.6 Å². The van der Waals surface area contributed by atoms with E-state index in [0.29, 0.717) is 0 Å². The zero-order valence-corrected chi connectivity index (χ0v) is 11.1. The van der Waals surface area contributed by atoms with E-state index < -0.39 is 0 Å². The van der Waals surface area contributed by atoms with Gasteiger partial charge in [0, 0.05) is 23.8 Å². The van der Waals surface area contributed by atoms with Gasteiger partial charge in [-0.2, -0.15) is 0 Å². The molecule has 0 saturated carbocycles. The number of rotatable bonds is 5. The number of hydrogen-bond acceptors (Lipinski definition) is 2. The standard InChI is InChI=1S/C14H22N2O/c1-5-10-14(3,4)16-13-8-6-12(7-9-13)15-11(2)17/h6-9,16H,5,10H2,1-4H3,(H,15,17). The Kier molecular flexibility index (Phi) is 4.55. The first-order chi connectivity index (χ1) is 7.93. The summed E-state index contributed by atoms with van der Waals surface area (Å²) in [4.78, 5) is 10.9. The van der Waals surface area contributed by atoms with Crippen LogP contribution in [-0.4, -0.2) is 11.4 Å². The lowest BCUT2D eigenvalue weighted by Gasteiger charge is -2.27. The van der Waals surface area contributed by atoms with Crippen LogP contribution < -0.4 is 10.6 Å². The highest BCUT2D eigenvalue weighted by Crippen LogP contribution is 2.21. The van der Waals surface area contributed by atoms with Gasteiger partial charge < -0.3 is 10.6 Å². The minimum Gasteiger partial charge on any atom is -0.380 e. The minimum atomic E-state index is -0.0444. The van der Waals surface area contributed by atoms with Crippen LogP contribution >= 0.6 is 0 Å². The third-order valence-corrected chi connectivity index (χ3v) is 2.56. The Labute approximate surface area is 104 Å². The van der Waals surface area contributed by atoms with Crippen molar-refractivity contribution in [3.05, 3.63) is 24.3 Å². The monoisotopic (exact) mass is 234 g/mol. The average molecular weight is 234 g/mol. The third-order valence-electron chi connectivity index (χ3n) is 2.56. The van der Waals surface area contributed by atoms with Crippen molar-refractivity contribution in [1.29, 1.82) is 0 Å². The molecule has 0 bridgehead atoms. The second kappa shape index (κ2) is 5.71. The molecule has 1 rings (SSSR count). The Morgan fingerprint density at radius 1 is 1.18 bits per heavy atom. The Morgan fingerprint density at radius 3 is 2.18 bits per heavy atom. The van der Waals surface area contributed by atoms with E-state index in [2.05, 4.69) is 31.4 Å². The summed E-state index contributed by atoms with van der Waals surface area (Å²) in [6.07, 6.45) is 2.28. The van der Waals surface area contributed by atoms with Crippen LogP contribution in [0.5, 0.6) is 0 Å². The highest BCUT2D eigenvalue weighted by atomic mass is 16.1. The molecule has 0 fully saturated rings. The van der Waals surface area contributed by atoms with Gasteiger partial charge in [-0.3, -0.25) is 4.79 Å². The smallest absolute Gasteiger partial charge is 0.221 e. The van der Waals surface area contributed by atoms with E-state index in [1.807, 2.05) is 24.3 Å². The molecule has 17 heavy (non-hydrogen) atoms. The van der Waals surface area contributed by atoms with Gasteiger partial charge in [0.05, 0.1) is 0 Å². The summed E-state index contributed by atoms with van der Waals surface area (Å²) in [5.41, 5.74) is 2.01. The molecule has 0 radical (unpaired) electrons. The predicted octanol–water partition coefficient (Wildman–Crippen LogP) is 3.64. The van der Waals surface area contributed by atoms with Crippen molar-refractivity contribution in [3.8, 4) is 0 Å². The van der Waals surface area contributed by atoms with E-state index in [-0.39, 0.29) is 11.4 Å². The quantitative estimate of drug-likeness (QED) is 0.816. The van der Waals surface area contributed by atoms with E-state index in [4.69, 9.17) is 0 Å². The number of nitrogens with one attached hydrogen (secondary N) is 2. The van der Waals surface area contributed by atoms with Crippen molar-refractivity contribution in [1.82, 2.24) is 0 Å². The van der Waals surface area contributed by atoms with E-state index in [1.165, 1.54) is 6.92 Å². The first kappa shape index (κ1) is 13.6. The molecule has 0 heterocycles. The van der Waals surface area contributed by atoms with Gasteiger partial charge in [0.25, 0.3) is 0 Å². The molecular weight excluding hydrogens is 212 g/mol. The van der Waals surface area contributed by atoms with E-state index in [1.54, 1.807) is 0 Å². The Bertz CT molecular complexity index is 368. The number of benzene rings is 1. The first-order valence-electron chi connectivity index (χ1n) is 6.09. The third kappa shape index (κ3) is 4.89. The van der Waals surface area contributed by atoms with E-state index in [0.717, 1.165) is 24.2 Å². The lowest BCUT2D eigenvalue weighted by molar-refractivity contribution is -0.114. The van der Waals surface area contributed by atoms with Crippen LogP contribution in [0.4, 0.5) is 11.4 Å². The van der Waals surface area contributed by atoms with Crippen molar-refractivity contribution in [2.45, 2.75) is 46.1 Å². The van der Waals surface area contributed by atoms with Gasteiger partial charge in [0.15, 0.2) is 0 Å². The topological polar surface area (TPSA) is 41.1 Å². The fraction of sp³-hybridized carbons (Fsp3) is 0.500. The fourth-order valence-corrected chi connectivity index (χ4v) is 1.92. The maximum Gasteiger partial charge on any atom is 0.221 e. The molecule has 1 aromatic carbocycles. The highest BCUT2D eigenvalue weighted by Gasteiger charge is 2.15. The molecular formula is C14H22N2O. The molecule has 2 N–H and O–H groups in total. The zero-order valence-electron chi connectivity index (χ0n) is 11.1. The largest absolute Gasteiger partial charge is 0.380 e. The number of amides is 1. The molecule has 1 amide bonds. The molecule has 0 aliphatic carbocycles. The van der Waals surface area contributed by atoms with Gasteiger partial charge in [-0.25, -0.2) is 0 Å². The van der Waals surface area contributed by atoms with Gasteiger partial charge in [0.1, 0.15) is 0 Å². The zero-order chi connectivity index (χ0) is 12.9. The van der Waals surface area contributed by atoms with Crippen LogP contribution in [0.25, 0.3) is 0 Å². The average Bonchev–Trinajstić information content (AvgIpc) is 2.19. The summed E-state index contributed by atoms with van der Waals surface area (Å²) in [5, 5.41) is 6.24. The molecule has 3 heteroatoms. The van der Waals surface area contributed by atoms with E-state index >= 15 is 0 Å². The first-order valence-corrected chi connectivity index (χ1v) is 6.09. The molecule has 0 aliphatic rings. The Morgan fingerprint density at radius 2 is 1.71 bits per heavy atom. The lowest BCUT2D eigenvalue weighted by atomic mass is 9.98. The number of anilines is 2. The minimum absolute atomic E-state index is 0.0444. The SMILES string of the molecule is CCCC(C)(C)Nc1ccc(NC(C)=O)cc1. The lowest BCUT2D eigenvalue weighted by Crippen LogP contribution is -2.30. The van der Waals surface area contributed by atoms with Crippen molar-refractivity contribution in [2.24, 2.45) is 0 Å². The molecule has 0 atom stereocenters. The second-order valence-corrected chi connectivity index (χ2v) is 5.02. The Balaban J connectivity index is 2.65. The van der Waals surface area contributed by atoms with Crippen LogP contribution in [0.1, 0.15) is 40.5 Å². The Hall–Kier alpha value is -1.51. The van der Waals surface area contributed by atoms with Crippen LogP contribution in [0.2, 0.25) is 0 Å². The molecule has 0 unspecified atom stereocenters. The summed E-state index contributed by atoms with van der Waals surface area (Å²) in [6.45, 7) is 8.08. The summed E-state index contributed by atoms with van der Waals surface area (Å²) in [5.74, 6) is -0.0444. The molecule has 94 valence electrons. The van der Waals surface area contributed by atoms with Crippen molar-refractivity contribution >= 4 is 17.3 Å². The number of carbonyl (C=O) groups excluding carboxylic acids is 1. The van der Waals surface area contributed by atoms with Gasteiger partial charge in [-0.15, -0.1) is 0 Å². The van der Waals surface area contributed by atoms with Crippen LogP contribution in [-0.2, 0) is 4.79 Å². The number of hydrogen-bond donors (Lipinski definition) is 2. The second-order valence-electron chi connectivity index (χ2n) is 5.02. The summed E-state index contributed by atoms with van der Waals surface area (Å²) >= 11 is 0. The van der Waals surface area contributed by atoms with Crippen LogP contribution in [0.3, 0.4) is 0 Å². The van der Waals surface area contributed by atoms with Gasteiger partial charge >= 0.3 is 0 Å². The molecule has 1 aromatic rings. The van der Waals surface area contributed by atoms with Crippen LogP contribution in [0.15, 0.2) is 24.3 Å². The maximum absolute atomic E-state index is 10.9. The van der Waals surface area contributed by atoms with Gasteiger partial charge in [0.2, 0.25) is 5.91 Å². The van der Waals surface area contributed by atoms with Gasteiger partial charge in [-0.1, -0.05) is 13.3 Å². The summed E-state index contributed by atoms with van der Waals surface area (Å²) < 4.78 is 0. The van der Waals surface area contributed by atoms with Crippen molar-refractivity contribution in [3.63, 3.8) is 0 Å².